The van der Waals surface area contributed by atoms with Crippen molar-refractivity contribution in [1.29, 1.82) is 0 Å². The quantitative estimate of drug-likeness (QED) is 0.694. The maximum absolute atomic E-state index is 12.6. The van der Waals surface area contributed by atoms with Crippen LogP contribution in [0.2, 0.25) is 0 Å². The van der Waals surface area contributed by atoms with Gasteiger partial charge in [0.25, 0.3) is 5.91 Å². The molecule has 3 N–H and O–H groups in total. The van der Waals surface area contributed by atoms with Gasteiger partial charge in [0.15, 0.2) is 11.9 Å². The normalized spacial score (nSPS) is 17.1. The highest BCUT2D eigenvalue weighted by Gasteiger charge is 2.31. The zero-order valence-corrected chi connectivity index (χ0v) is 17.0. The molecule has 0 aliphatic carbocycles. The van der Waals surface area contributed by atoms with Crippen molar-refractivity contribution >= 4 is 29.3 Å². The minimum atomic E-state index is -0.969. The van der Waals surface area contributed by atoms with E-state index in [1.165, 1.54) is 11.8 Å². The van der Waals surface area contributed by atoms with E-state index in [1.807, 2.05) is 13.0 Å². The molecule has 2 amide bonds. The van der Waals surface area contributed by atoms with Gasteiger partial charge in [0.2, 0.25) is 5.91 Å². The highest BCUT2D eigenvalue weighted by Crippen LogP contribution is 2.19. The molecule has 2 heterocycles. The first-order chi connectivity index (χ1) is 14.3. The van der Waals surface area contributed by atoms with Crippen LogP contribution in [-0.4, -0.2) is 52.1 Å². The number of nitrogens with one attached hydrogen (secondary N) is 1. The molecule has 2 aromatic rings. The molecule has 0 bridgehead atoms. The van der Waals surface area contributed by atoms with Crippen molar-refractivity contribution in [3.8, 4) is 0 Å². The fraction of sp³-hybridized carbons (Fsp3) is 0.381. The Morgan fingerprint density at radius 2 is 2.03 bits per heavy atom. The predicted octanol–water partition coefficient (Wildman–Crippen LogP) is 1.80. The number of hydrogen-bond donors (Lipinski definition) is 2. The number of likely N-dealkylation sites (tertiary alicyclic amines) is 1. The van der Waals surface area contributed by atoms with Crippen molar-refractivity contribution in [1.82, 2.24) is 15.1 Å². The van der Waals surface area contributed by atoms with Crippen LogP contribution >= 0.6 is 0 Å². The van der Waals surface area contributed by atoms with Crippen molar-refractivity contribution in [2.45, 2.75) is 32.8 Å². The summed E-state index contributed by atoms with van der Waals surface area (Å²) in [7, 11) is 0. The summed E-state index contributed by atoms with van der Waals surface area (Å²) in [5.74, 6) is -1.18. The highest BCUT2D eigenvalue weighted by molar-refractivity contribution is 5.93. The van der Waals surface area contributed by atoms with E-state index in [9.17, 15) is 14.4 Å². The molecule has 0 radical (unpaired) electrons. The topological polar surface area (TPSA) is 128 Å². The molecular formula is C21H25N5O4. The average molecular weight is 411 g/mol. The number of aromatic nitrogens is 2. The van der Waals surface area contributed by atoms with Crippen molar-refractivity contribution < 1.29 is 19.1 Å². The van der Waals surface area contributed by atoms with E-state index in [2.05, 4.69) is 15.5 Å². The third-order valence-electron chi connectivity index (χ3n) is 4.94. The molecule has 3 rings (SSSR count). The average Bonchev–Trinajstić information content (AvgIpc) is 2.75. The molecule has 1 aromatic carbocycles. The number of anilines is 2. The maximum atomic E-state index is 12.6. The lowest BCUT2D eigenvalue weighted by Gasteiger charge is -2.32. The first kappa shape index (κ1) is 21.2. The minimum absolute atomic E-state index is 0.257. The Balaban J connectivity index is 1.61. The Hall–Kier alpha value is -3.49. The van der Waals surface area contributed by atoms with Gasteiger partial charge in [-0.2, -0.15) is 5.10 Å². The number of carbonyl (C=O) groups excluding carboxylic acids is 3. The Morgan fingerprint density at radius 3 is 2.73 bits per heavy atom. The number of hydrogen-bond acceptors (Lipinski definition) is 7. The van der Waals surface area contributed by atoms with Crippen LogP contribution in [0.1, 0.15) is 35.8 Å². The predicted molar refractivity (Wildman–Crippen MR) is 110 cm³/mol. The van der Waals surface area contributed by atoms with Crippen molar-refractivity contribution in [2.75, 3.05) is 18.4 Å². The number of piperidine rings is 1. The van der Waals surface area contributed by atoms with Gasteiger partial charge in [-0.25, -0.2) is 4.79 Å². The summed E-state index contributed by atoms with van der Waals surface area (Å²) in [5, 5.41) is 11.1. The number of ether oxygens (including phenoxy) is 1. The van der Waals surface area contributed by atoms with Crippen LogP contribution in [0, 0.1) is 12.8 Å². The van der Waals surface area contributed by atoms with E-state index in [0.717, 1.165) is 5.69 Å². The molecule has 2 atom stereocenters. The lowest BCUT2D eigenvalue weighted by molar-refractivity contribution is -0.142. The molecule has 1 fully saturated rings. The molecule has 158 valence electrons. The molecule has 0 spiro atoms. The summed E-state index contributed by atoms with van der Waals surface area (Å²) in [6.07, 6.45) is 0.386. The molecule has 1 aromatic heterocycles. The van der Waals surface area contributed by atoms with Crippen LogP contribution in [0.25, 0.3) is 0 Å². The summed E-state index contributed by atoms with van der Waals surface area (Å²) in [6.45, 7) is 4.14. The van der Waals surface area contributed by atoms with Crippen molar-refractivity contribution in [2.24, 2.45) is 11.7 Å². The van der Waals surface area contributed by atoms with Crippen LogP contribution in [-0.2, 0) is 14.3 Å². The molecule has 0 saturated carbocycles. The van der Waals surface area contributed by atoms with Gasteiger partial charge in [-0.3, -0.25) is 9.59 Å². The van der Waals surface area contributed by atoms with E-state index in [4.69, 9.17) is 10.5 Å². The number of amides is 2. The number of nitrogens with two attached hydrogens (primary N) is 1. The zero-order chi connectivity index (χ0) is 21.7. The molecule has 1 aliphatic heterocycles. The molecule has 2 unspecified atom stereocenters. The monoisotopic (exact) mass is 411 g/mol. The van der Waals surface area contributed by atoms with Gasteiger partial charge in [-0.1, -0.05) is 6.07 Å². The van der Waals surface area contributed by atoms with Gasteiger partial charge >= 0.3 is 5.97 Å². The van der Waals surface area contributed by atoms with Gasteiger partial charge in [0, 0.05) is 18.8 Å². The smallest absolute Gasteiger partial charge is 0.338 e. The third-order valence-corrected chi connectivity index (χ3v) is 4.94. The Kier molecular flexibility index (Phi) is 6.61. The lowest BCUT2D eigenvalue weighted by Crippen LogP contribution is -2.48. The standard InChI is InChI=1S/C21H25N5O4/c1-13-8-9-18(25-24-13)23-17-7-3-5-15(11-17)21(29)30-14(2)20(28)26-10-4-6-16(12-26)19(22)27/h3,5,7-9,11,14,16H,4,6,10,12H2,1-2H3,(H2,22,27)(H,23,25). The van der Waals surface area contributed by atoms with Crippen LogP contribution in [0.3, 0.4) is 0 Å². The highest BCUT2D eigenvalue weighted by atomic mass is 16.5. The molecule has 1 saturated heterocycles. The molecule has 9 heteroatoms. The molecule has 30 heavy (non-hydrogen) atoms. The van der Waals surface area contributed by atoms with E-state index in [1.54, 1.807) is 30.3 Å². The van der Waals surface area contributed by atoms with E-state index in [-0.39, 0.29) is 18.4 Å². The Bertz CT molecular complexity index is 931. The fourth-order valence-corrected chi connectivity index (χ4v) is 3.28. The Labute approximate surface area is 174 Å². The van der Waals surface area contributed by atoms with Crippen molar-refractivity contribution in [3.05, 3.63) is 47.7 Å². The van der Waals surface area contributed by atoms with Gasteiger partial charge in [0.05, 0.1) is 17.2 Å². The SMILES string of the molecule is Cc1ccc(Nc2cccc(C(=O)OC(C)C(=O)N3CCCC(C(N)=O)C3)c2)nn1. The summed E-state index contributed by atoms with van der Waals surface area (Å²) >= 11 is 0. The summed E-state index contributed by atoms with van der Waals surface area (Å²) in [5.41, 5.74) is 7.10. The number of aryl methyl sites for hydroxylation is 1. The summed E-state index contributed by atoms with van der Waals surface area (Å²) in [4.78, 5) is 38.1. The van der Waals surface area contributed by atoms with Crippen LogP contribution in [0.4, 0.5) is 11.5 Å². The minimum Gasteiger partial charge on any atom is -0.449 e. The molecule has 9 nitrogen and oxygen atoms in total. The second kappa shape index (κ2) is 9.34. The zero-order valence-electron chi connectivity index (χ0n) is 17.0. The number of rotatable bonds is 6. The van der Waals surface area contributed by atoms with Gasteiger partial charge in [-0.15, -0.1) is 5.10 Å². The number of nitrogens with zero attached hydrogens (tertiary/aromatic N) is 3. The van der Waals surface area contributed by atoms with E-state index in [0.29, 0.717) is 36.5 Å². The summed E-state index contributed by atoms with van der Waals surface area (Å²) < 4.78 is 5.37. The van der Waals surface area contributed by atoms with Gasteiger partial charge in [-0.05, 0) is 57.0 Å². The van der Waals surface area contributed by atoms with Crippen LogP contribution in [0.15, 0.2) is 36.4 Å². The first-order valence-electron chi connectivity index (χ1n) is 9.80. The largest absolute Gasteiger partial charge is 0.449 e. The number of benzene rings is 1. The van der Waals surface area contributed by atoms with Crippen molar-refractivity contribution in [3.63, 3.8) is 0 Å². The lowest BCUT2D eigenvalue weighted by atomic mass is 9.97. The second-order valence-electron chi connectivity index (χ2n) is 7.34. The fourth-order valence-electron chi connectivity index (χ4n) is 3.28. The number of carbonyl (C=O) groups is 3. The van der Waals surface area contributed by atoms with Gasteiger partial charge < -0.3 is 20.7 Å². The second-order valence-corrected chi connectivity index (χ2v) is 7.34. The molecule has 1 aliphatic rings. The number of primary amides is 1. The van der Waals surface area contributed by atoms with Crippen LogP contribution < -0.4 is 11.1 Å². The summed E-state index contributed by atoms with van der Waals surface area (Å²) in [6, 6.07) is 10.3. The number of esters is 1. The maximum Gasteiger partial charge on any atom is 0.338 e. The molecular weight excluding hydrogens is 386 g/mol. The van der Waals surface area contributed by atoms with E-state index < -0.39 is 18.0 Å². The van der Waals surface area contributed by atoms with E-state index >= 15 is 0 Å². The van der Waals surface area contributed by atoms with Gasteiger partial charge in [0.1, 0.15) is 0 Å². The Morgan fingerprint density at radius 1 is 1.23 bits per heavy atom. The third kappa shape index (κ3) is 5.31. The first-order valence-corrected chi connectivity index (χ1v) is 9.80. The van der Waals surface area contributed by atoms with Crippen LogP contribution in [0.5, 0.6) is 0 Å².